The molecule has 1 aromatic rings. The number of methoxy groups -OCH3 is 1. The Morgan fingerprint density at radius 1 is 1.39 bits per heavy atom. The van der Waals surface area contributed by atoms with E-state index in [1.54, 1.807) is 7.11 Å². The molecule has 0 fully saturated rings. The van der Waals surface area contributed by atoms with Crippen molar-refractivity contribution in [2.75, 3.05) is 13.7 Å². The Hall–Kier alpha value is -0.870. The molecular formula is C14H27N3O. The Bertz CT molecular complexity index is 325. The van der Waals surface area contributed by atoms with Crippen molar-refractivity contribution in [1.82, 2.24) is 14.9 Å². The molecule has 1 N–H and O–H groups in total. The van der Waals surface area contributed by atoms with Crippen molar-refractivity contribution < 1.29 is 4.74 Å². The molecule has 0 saturated heterocycles. The lowest BCUT2D eigenvalue weighted by Gasteiger charge is -2.26. The van der Waals surface area contributed by atoms with E-state index in [4.69, 9.17) is 4.74 Å². The Kier molecular flexibility index (Phi) is 6.98. The lowest BCUT2D eigenvalue weighted by Crippen LogP contribution is -2.43. The molecule has 0 aliphatic heterocycles. The largest absolute Gasteiger partial charge is 0.380 e. The quantitative estimate of drug-likeness (QED) is 0.733. The molecule has 2 atom stereocenters. The second kappa shape index (κ2) is 8.27. The topological polar surface area (TPSA) is 39.1 Å². The van der Waals surface area contributed by atoms with Crippen LogP contribution < -0.4 is 5.32 Å². The molecular weight excluding hydrogens is 226 g/mol. The van der Waals surface area contributed by atoms with Crippen molar-refractivity contribution in [2.45, 2.75) is 51.7 Å². The minimum absolute atomic E-state index is 0.262. The van der Waals surface area contributed by atoms with Gasteiger partial charge in [0.1, 0.15) is 5.82 Å². The van der Waals surface area contributed by atoms with Crippen LogP contribution in [0.15, 0.2) is 12.4 Å². The molecule has 4 heteroatoms. The summed E-state index contributed by atoms with van der Waals surface area (Å²) in [5, 5.41) is 3.59. The summed E-state index contributed by atoms with van der Waals surface area (Å²) in [6, 6.07) is 0.344. The average molecular weight is 253 g/mol. The first-order valence-corrected chi connectivity index (χ1v) is 6.95. The maximum absolute atomic E-state index is 5.64. The SMILES string of the molecule is CCCNC(Cc1nccn1C)C(CCC)OC. The van der Waals surface area contributed by atoms with Crippen molar-refractivity contribution in [2.24, 2.45) is 7.05 Å². The molecule has 0 spiro atoms. The van der Waals surface area contributed by atoms with Crippen LogP contribution in [0.2, 0.25) is 0 Å². The number of rotatable bonds is 9. The Morgan fingerprint density at radius 3 is 2.67 bits per heavy atom. The summed E-state index contributed by atoms with van der Waals surface area (Å²) in [5.41, 5.74) is 0. The van der Waals surface area contributed by atoms with Crippen LogP contribution in [-0.2, 0) is 18.2 Å². The van der Waals surface area contributed by atoms with Gasteiger partial charge in [-0.05, 0) is 19.4 Å². The van der Waals surface area contributed by atoms with Crippen LogP contribution in [0.25, 0.3) is 0 Å². The van der Waals surface area contributed by atoms with E-state index in [9.17, 15) is 0 Å². The molecule has 1 aromatic heterocycles. The van der Waals surface area contributed by atoms with Crippen molar-refractivity contribution in [3.8, 4) is 0 Å². The number of hydrogen-bond acceptors (Lipinski definition) is 3. The zero-order chi connectivity index (χ0) is 13.4. The highest BCUT2D eigenvalue weighted by molar-refractivity contribution is 4.96. The zero-order valence-electron chi connectivity index (χ0n) is 12.1. The Labute approximate surface area is 111 Å². The van der Waals surface area contributed by atoms with Crippen molar-refractivity contribution in [3.63, 3.8) is 0 Å². The number of nitrogens with zero attached hydrogens (tertiary/aromatic N) is 2. The van der Waals surface area contributed by atoms with Gasteiger partial charge >= 0.3 is 0 Å². The van der Waals surface area contributed by atoms with E-state index in [0.29, 0.717) is 6.04 Å². The molecule has 0 saturated carbocycles. The number of nitrogens with one attached hydrogen (secondary N) is 1. The number of imidazole rings is 1. The number of aromatic nitrogens is 2. The maximum Gasteiger partial charge on any atom is 0.110 e. The number of aryl methyl sites for hydroxylation is 1. The normalized spacial score (nSPS) is 14.7. The third kappa shape index (κ3) is 4.42. The molecule has 0 aliphatic carbocycles. The molecule has 0 radical (unpaired) electrons. The molecule has 104 valence electrons. The van der Waals surface area contributed by atoms with Gasteiger partial charge < -0.3 is 14.6 Å². The summed E-state index contributed by atoms with van der Waals surface area (Å²) in [4.78, 5) is 4.41. The van der Waals surface area contributed by atoms with Gasteiger partial charge in [0.25, 0.3) is 0 Å². The van der Waals surface area contributed by atoms with Gasteiger partial charge in [0.05, 0.1) is 6.10 Å². The standard InChI is InChI=1S/C14H27N3O/c1-5-7-13(18-4)12(15-8-6-2)11-14-16-9-10-17(14)3/h9-10,12-13,15H,5-8,11H2,1-4H3. The fraction of sp³-hybridized carbons (Fsp3) is 0.786. The van der Waals surface area contributed by atoms with E-state index in [-0.39, 0.29) is 6.10 Å². The molecule has 2 unspecified atom stereocenters. The molecule has 0 aliphatic rings. The van der Waals surface area contributed by atoms with Crippen molar-refractivity contribution >= 4 is 0 Å². The molecule has 4 nitrogen and oxygen atoms in total. The molecule has 0 bridgehead atoms. The Balaban J connectivity index is 2.67. The predicted molar refractivity (Wildman–Crippen MR) is 74.7 cm³/mol. The lowest BCUT2D eigenvalue weighted by molar-refractivity contribution is 0.0601. The zero-order valence-corrected chi connectivity index (χ0v) is 12.1. The number of ether oxygens (including phenoxy) is 1. The van der Waals surface area contributed by atoms with Gasteiger partial charge in [-0.15, -0.1) is 0 Å². The fourth-order valence-electron chi connectivity index (χ4n) is 2.22. The van der Waals surface area contributed by atoms with Gasteiger partial charge in [0, 0.05) is 39.0 Å². The van der Waals surface area contributed by atoms with Crippen LogP contribution in [-0.4, -0.2) is 35.4 Å². The second-order valence-electron chi connectivity index (χ2n) is 4.78. The van der Waals surface area contributed by atoms with Gasteiger partial charge in [-0.1, -0.05) is 20.3 Å². The van der Waals surface area contributed by atoms with Gasteiger partial charge in [-0.2, -0.15) is 0 Å². The van der Waals surface area contributed by atoms with Crippen LogP contribution in [0.4, 0.5) is 0 Å². The highest BCUT2D eigenvalue weighted by Crippen LogP contribution is 2.11. The van der Waals surface area contributed by atoms with E-state index in [1.165, 1.54) is 0 Å². The average Bonchev–Trinajstić information content (AvgIpc) is 2.77. The van der Waals surface area contributed by atoms with Crippen molar-refractivity contribution in [1.29, 1.82) is 0 Å². The van der Waals surface area contributed by atoms with E-state index >= 15 is 0 Å². The summed E-state index contributed by atoms with van der Waals surface area (Å²) < 4.78 is 7.72. The number of hydrogen-bond donors (Lipinski definition) is 1. The third-order valence-corrected chi connectivity index (χ3v) is 3.30. The first-order chi connectivity index (χ1) is 8.72. The minimum atomic E-state index is 0.262. The van der Waals surface area contributed by atoms with E-state index in [1.807, 2.05) is 19.4 Å². The van der Waals surface area contributed by atoms with Gasteiger partial charge in [0.15, 0.2) is 0 Å². The first-order valence-electron chi connectivity index (χ1n) is 6.95. The maximum atomic E-state index is 5.64. The van der Waals surface area contributed by atoms with Gasteiger partial charge in [-0.25, -0.2) is 4.98 Å². The van der Waals surface area contributed by atoms with Crippen LogP contribution >= 0.6 is 0 Å². The van der Waals surface area contributed by atoms with Crippen LogP contribution in [0.3, 0.4) is 0 Å². The summed E-state index contributed by atoms with van der Waals surface area (Å²) in [7, 11) is 3.85. The summed E-state index contributed by atoms with van der Waals surface area (Å²) in [6.07, 6.45) is 8.40. The highest BCUT2D eigenvalue weighted by atomic mass is 16.5. The van der Waals surface area contributed by atoms with Gasteiger partial charge in [0.2, 0.25) is 0 Å². The molecule has 1 heterocycles. The fourth-order valence-corrected chi connectivity index (χ4v) is 2.22. The molecule has 0 aromatic carbocycles. The van der Waals surface area contributed by atoms with Crippen LogP contribution in [0.1, 0.15) is 38.9 Å². The van der Waals surface area contributed by atoms with Crippen LogP contribution in [0, 0.1) is 0 Å². The molecule has 18 heavy (non-hydrogen) atoms. The Morgan fingerprint density at radius 2 is 2.17 bits per heavy atom. The van der Waals surface area contributed by atoms with E-state index in [0.717, 1.165) is 38.1 Å². The molecule has 1 rings (SSSR count). The summed E-state index contributed by atoms with van der Waals surface area (Å²) in [6.45, 7) is 5.41. The highest BCUT2D eigenvalue weighted by Gasteiger charge is 2.21. The summed E-state index contributed by atoms with van der Waals surface area (Å²) in [5.74, 6) is 1.11. The molecule has 0 amide bonds. The predicted octanol–water partition coefficient (Wildman–Crippen LogP) is 2.15. The summed E-state index contributed by atoms with van der Waals surface area (Å²) >= 11 is 0. The van der Waals surface area contributed by atoms with E-state index in [2.05, 4.69) is 28.7 Å². The monoisotopic (exact) mass is 253 g/mol. The van der Waals surface area contributed by atoms with Crippen molar-refractivity contribution in [3.05, 3.63) is 18.2 Å². The van der Waals surface area contributed by atoms with Gasteiger partial charge in [-0.3, -0.25) is 0 Å². The smallest absolute Gasteiger partial charge is 0.110 e. The van der Waals surface area contributed by atoms with E-state index < -0.39 is 0 Å². The lowest BCUT2D eigenvalue weighted by atomic mass is 10.0. The first kappa shape index (κ1) is 15.2. The van der Waals surface area contributed by atoms with Crippen LogP contribution in [0.5, 0.6) is 0 Å². The third-order valence-electron chi connectivity index (χ3n) is 3.30. The minimum Gasteiger partial charge on any atom is -0.380 e. The second-order valence-corrected chi connectivity index (χ2v) is 4.78.